The third kappa shape index (κ3) is 4.27. The molecule has 0 spiro atoms. The fourth-order valence-electron chi connectivity index (χ4n) is 1.62. The minimum absolute atomic E-state index is 0.296. The van der Waals surface area contributed by atoms with E-state index in [4.69, 9.17) is 4.74 Å². The number of ether oxygens (including phenoxy) is 1. The zero-order valence-corrected chi connectivity index (χ0v) is 13.5. The Hall–Kier alpha value is -1.92. The minimum Gasteiger partial charge on any atom is -0.465 e. The van der Waals surface area contributed by atoms with Gasteiger partial charge in [0.25, 0.3) is 0 Å². The molecule has 0 aliphatic carbocycles. The SMILES string of the molecule is COC(=O)c1cc(Br)ccc1NC(=O)/C=C/c1cccs1. The molecule has 1 heterocycles. The van der Waals surface area contributed by atoms with Crippen molar-refractivity contribution in [2.24, 2.45) is 0 Å². The lowest BCUT2D eigenvalue weighted by molar-refractivity contribution is -0.111. The Morgan fingerprint density at radius 1 is 1.33 bits per heavy atom. The summed E-state index contributed by atoms with van der Waals surface area (Å²) >= 11 is 4.82. The highest BCUT2D eigenvalue weighted by molar-refractivity contribution is 9.10. The van der Waals surface area contributed by atoms with E-state index < -0.39 is 5.97 Å². The molecule has 2 aromatic rings. The van der Waals surface area contributed by atoms with E-state index in [2.05, 4.69) is 21.2 Å². The van der Waals surface area contributed by atoms with E-state index >= 15 is 0 Å². The van der Waals surface area contributed by atoms with Gasteiger partial charge in [0.15, 0.2) is 0 Å². The van der Waals surface area contributed by atoms with Crippen LogP contribution in [0.15, 0.2) is 46.3 Å². The molecule has 0 aliphatic heterocycles. The van der Waals surface area contributed by atoms with Crippen molar-refractivity contribution < 1.29 is 14.3 Å². The number of halogens is 1. The lowest BCUT2D eigenvalue weighted by Crippen LogP contribution is -2.13. The summed E-state index contributed by atoms with van der Waals surface area (Å²) in [6.07, 6.45) is 3.14. The lowest BCUT2D eigenvalue weighted by Gasteiger charge is -2.08. The summed E-state index contributed by atoms with van der Waals surface area (Å²) in [7, 11) is 1.30. The number of carbonyl (C=O) groups excluding carboxylic acids is 2. The summed E-state index contributed by atoms with van der Waals surface area (Å²) in [4.78, 5) is 24.6. The van der Waals surface area contributed by atoms with Crippen molar-refractivity contribution in [3.05, 3.63) is 56.7 Å². The first-order valence-corrected chi connectivity index (χ1v) is 7.68. The smallest absolute Gasteiger partial charge is 0.340 e. The van der Waals surface area contributed by atoms with Crippen molar-refractivity contribution in [1.82, 2.24) is 0 Å². The molecule has 0 fully saturated rings. The van der Waals surface area contributed by atoms with Crippen LogP contribution in [0.5, 0.6) is 0 Å². The predicted molar refractivity (Wildman–Crippen MR) is 87.5 cm³/mol. The first-order chi connectivity index (χ1) is 10.1. The molecular formula is C15H12BrNO3S. The van der Waals surface area contributed by atoms with Gasteiger partial charge in [-0.2, -0.15) is 0 Å². The maximum Gasteiger partial charge on any atom is 0.340 e. The van der Waals surface area contributed by atoms with Gasteiger partial charge >= 0.3 is 5.97 Å². The number of nitrogens with one attached hydrogen (secondary N) is 1. The zero-order valence-electron chi connectivity index (χ0n) is 11.1. The second-order valence-electron chi connectivity index (χ2n) is 4.02. The Bertz CT molecular complexity index is 680. The summed E-state index contributed by atoms with van der Waals surface area (Å²) in [6, 6.07) is 8.81. The van der Waals surface area contributed by atoms with E-state index in [1.54, 1.807) is 24.3 Å². The number of hydrogen-bond donors (Lipinski definition) is 1. The minimum atomic E-state index is -0.506. The highest BCUT2D eigenvalue weighted by Gasteiger charge is 2.13. The standard InChI is InChI=1S/C15H12BrNO3S/c1-20-15(19)12-9-10(16)4-6-13(12)17-14(18)7-5-11-3-2-8-21-11/h2-9H,1H3,(H,17,18)/b7-5+. The second-order valence-corrected chi connectivity index (χ2v) is 5.91. The van der Waals surface area contributed by atoms with Crippen molar-refractivity contribution in [1.29, 1.82) is 0 Å². The van der Waals surface area contributed by atoms with Crippen LogP contribution in [0.3, 0.4) is 0 Å². The highest BCUT2D eigenvalue weighted by Crippen LogP contribution is 2.22. The van der Waals surface area contributed by atoms with Crippen molar-refractivity contribution in [2.75, 3.05) is 12.4 Å². The van der Waals surface area contributed by atoms with Crippen molar-refractivity contribution in [2.45, 2.75) is 0 Å². The van der Waals surface area contributed by atoms with Crippen LogP contribution in [0, 0.1) is 0 Å². The van der Waals surface area contributed by atoms with Crippen LogP contribution in [0.4, 0.5) is 5.69 Å². The molecule has 6 heteroatoms. The molecule has 2 rings (SSSR count). The maximum absolute atomic E-state index is 11.9. The number of hydrogen-bond acceptors (Lipinski definition) is 4. The van der Waals surface area contributed by atoms with Gasteiger partial charge in [0, 0.05) is 15.4 Å². The number of anilines is 1. The molecule has 0 bridgehead atoms. The van der Waals surface area contributed by atoms with E-state index in [0.717, 1.165) is 9.35 Å². The topological polar surface area (TPSA) is 55.4 Å². The summed E-state index contributed by atoms with van der Waals surface area (Å²) < 4.78 is 5.44. The molecule has 0 unspecified atom stereocenters. The molecule has 4 nitrogen and oxygen atoms in total. The number of thiophene rings is 1. The molecule has 1 aromatic heterocycles. The molecule has 108 valence electrons. The van der Waals surface area contributed by atoms with Crippen LogP contribution in [0.1, 0.15) is 15.2 Å². The average molecular weight is 366 g/mol. The van der Waals surface area contributed by atoms with E-state index in [1.165, 1.54) is 24.5 Å². The summed E-state index contributed by atoms with van der Waals surface area (Å²) in [6.45, 7) is 0. The number of methoxy groups -OCH3 is 1. The third-order valence-electron chi connectivity index (χ3n) is 2.59. The Morgan fingerprint density at radius 3 is 2.81 bits per heavy atom. The quantitative estimate of drug-likeness (QED) is 0.659. The molecule has 0 radical (unpaired) electrons. The van der Waals surface area contributed by atoms with Gasteiger partial charge in [0.1, 0.15) is 0 Å². The molecule has 0 aliphatic rings. The Kier molecular flexibility index (Phi) is 5.30. The van der Waals surface area contributed by atoms with Gasteiger partial charge in [-0.15, -0.1) is 11.3 Å². The largest absolute Gasteiger partial charge is 0.465 e. The fraction of sp³-hybridized carbons (Fsp3) is 0.0667. The molecule has 1 N–H and O–H groups in total. The van der Waals surface area contributed by atoms with Gasteiger partial charge < -0.3 is 10.1 Å². The van der Waals surface area contributed by atoms with E-state index in [9.17, 15) is 9.59 Å². The molecular weight excluding hydrogens is 354 g/mol. The number of esters is 1. The van der Waals surface area contributed by atoms with E-state index in [-0.39, 0.29) is 5.91 Å². The van der Waals surface area contributed by atoms with Crippen LogP contribution in [0.25, 0.3) is 6.08 Å². The Morgan fingerprint density at radius 2 is 2.14 bits per heavy atom. The van der Waals surface area contributed by atoms with Crippen molar-refractivity contribution in [3.63, 3.8) is 0 Å². The molecule has 1 aromatic carbocycles. The monoisotopic (exact) mass is 365 g/mol. The van der Waals surface area contributed by atoms with Gasteiger partial charge in [0.2, 0.25) is 5.91 Å². The first kappa shape index (κ1) is 15.5. The zero-order chi connectivity index (χ0) is 15.2. The average Bonchev–Trinajstić information content (AvgIpc) is 2.99. The molecule has 1 amide bonds. The lowest BCUT2D eigenvalue weighted by atomic mass is 10.2. The maximum atomic E-state index is 11.9. The highest BCUT2D eigenvalue weighted by atomic mass is 79.9. The van der Waals surface area contributed by atoms with Crippen LogP contribution in [-0.4, -0.2) is 19.0 Å². The van der Waals surface area contributed by atoms with Crippen LogP contribution < -0.4 is 5.32 Å². The van der Waals surface area contributed by atoms with Gasteiger partial charge in [-0.3, -0.25) is 4.79 Å². The van der Waals surface area contributed by atoms with Gasteiger partial charge in [0.05, 0.1) is 18.4 Å². The number of benzene rings is 1. The normalized spacial score (nSPS) is 10.6. The number of carbonyl (C=O) groups is 2. The van der Waals surface area contributed by atoms with E-state index in [1.807, 2.05) is 17.5 Å². The summed E-state index contributed by atoms with van der Waals surface area (Å²) in [5.74, 6) is -0.815. The van der Waals surface area contributed by atoms with Crippen molar-refractivity contribution >= 4 is 50.9 Å². The van der Waals surface area contributed by atoms with Crippen LogP contribution >= 0.6 is 27.3 Å². The van der Waals surface area contributed by atoms with Crippen molar-refractivity contribution in [3.8, 4) is 0 Å². The fourth-order valence-corrected chi connectivity index (χ4v) is 2.60. The first-order valence-electron chi connectivity index (χ1n) is 6.00. The predicted octanol–water partition coefficient (Wildman–Crippen LogP) is 3.95. The van der Waals surface area contributed by atoms with E-state index in [0.29, 0.717) is 11.3 Å². The number of amides is 1. The van der Waals surface area contributed by atoms with Gasteiger partial charge in [-0.25, -0.2) is 4.79 Å². The Balaban J connectivity index is 2.15. The summed E-state index contributed by atoms with van der Waals surface area (Å²) in [5.41, 5.74) is 0.704. The van der Waals surface area contributed by atoms with Gasteiger partial charge in [-0.05, 0) is 35.7 Å². The van der Waals surface area contributed by atoms with Crippen LogP contribution in [-0.2, 0) is 9.53 Å². The second kappa shape index (κ2) is 7.19. The third-order valence-corrected chi connectivity index (χ3v) is 3.92. The summed E-state index contributed by atoms with van der Waals surface area (Å²) in [5, 5.41) is 4.60. The molecule has 0 atom stereocenters. The molecule has 0 saturated carbocycles. The number of rotatable bonds is 4. The molecule has 0 saturated heterocycles. The van der Waals surface area contributed by atoms with Gasteiger partial charge in [-0.1, -0.05) is 22.0 Å². The van der Waals surface area contributed by atoms with Crippen LogP contribution in [0.2, 0.25) is 0 Å². The molecule has 21 heavy (non-hydrogen) atoms. The Labute approximate surface area is 134 Å².